The molecule has 1 heterocycles. The number of halogens is 1. The highest BCUT2D eigenvalue weighted by Crippen LogP contribution is 2.29. The minimum absolute atomic E-state index is 0.0496. The molecule has 1 atom stereocenters. The van der Waals surface area contributed by atoms with E-state index in [0.717, 1.165) is 49.0 Å². The molecule has 0 fully saturated rings. The molecule has 0 spiro atoms. The first-order valence-electron chi connectivity index (χ1n) is 7.22. The van der Waals surface area contributed by atoms with Crippen molar-refractivity contribution in [1.29, 1.82) is 0 Å². The van der Waals surface area contributed by atoms with Gasteiger partial charge in [-0.1, -0.05) is 30.7 Å². The molecule has 0 bridgehead atoms. The van der Waals surface area contributed by atoms with Gasteiger partial charge in [-0.05, 0) is 44.1 Å². The summed E-state index contributed by atoms with van der Waals surface area (Å²) in [6.45, 7) is 6.98. The lowest BCUT2D eigenvalue weighted by molar-refractivity contribution is -0.0816. The summed E-state index contributed by atoms with van der Waals surface area (Å²) in [5.74, 6) is 0.824. The van der Waals surface area contributed by atoms with Gasteiger partial charge in [-0.15, -0.1) is 5.06 Å². The van der Waals surface area contributed by atoms with Crippen LogP contribution in [0, 0.1) is 0 Å². The third-order valence-corrected chi connectivity index (χ3v) is 3.49. The molecule has 110 valence electrons. The Hall–Kier alpha value is -1.10. The Morgan fingerprint density at radius 1 is 1.30 bits per heavy atom. The van der Waals surface area contributed by atoms with Crippen molar-refractivity contribution in [3.8, 4) is 0 Å². The van der Waals surface area contributed by atoms with Gasteiger partial charge in [-0.2, -0.15) is 0 Å². The maximum absolute atomic E-state index is 5.93. The number of hydroxylamine groups is 2. The Labute approximate surface area is 125 Å². The molecule has 1 aliphatic rings. The second kappa shape index (κ2) is 7.62. The molecule has 1 aromatic rings. The molecular formula is C15H22ClN3O. The minimum atomic E-state index is -0.0496. The van der Waals surface area contributed by atoms with Crippen molar-refractivity contribution in [3.63, 3.8) is 0 Å². The fourth-order valence-electron chi connectivity index (χ4n) is 2.17. The van der Waals surface area contributed by atoms with Gasteiger partial charge in [0, 0.05) is 18.0 Å². The highest BCUT2D eigenvalue weighted by molar-refractivity contribution is 6.30. The summed E-state index contributed by atoms with van der Waals surface area (Å²) in [5, 5.41) is 5.96. The van der Waals surface area contributed by atoms with Gasteiger partial charge in [0.2, 0.25) is 5.90 Å². The average molecular weight is 296 g/mol. The van der Waals surface area contributed by atoms with Crippen LogP contribution < -0.4 is 5.32 Å². The van der Waals surface area contributed by atoms with Gasteiger partial charge in [0.05, 0.1) is 0 Å². The SMILES string of the molecule is CCNCCCC1=N[C@@H](c2ccc(Cl)cc2)N(CC)O1. The first-order chi connectivity index (χ1) is 9.74. The maximum atomic E-state index is 5.93. The van der Waals surface area contributed by atoms with E-state index in [4.69, 9.17) is 16.4 Å². The molecule has 4 nitrogen and oxygen atoms in total. The van der Waals surface area contributed by atoms with Gasteiger partial charge in [-0.3, -0.25) is 0 Å². The Kier molecular flexibility index (Phi) is 5.83. The molecule has 5 heteroatoms. The lowest BCUT2D eigenvalue weighted by Crippen LogP contribution is -2.24. The normalized spacial score (nSPS) is 18.9. The molecule has 0 aromatic heterocycles. The van der Waals surface area contributed by atoms with Crippen molar-refractivity contribution in [3.05, 3.63) is 34.9 Å². The Balaban J connectivity index is 1.99. The third-order valence-electron chi connectivity index (χ3n) is 3.24. The molecule has 0 amide bonds. The Bertz CT molecular complexity index is 447. The summed E-state index contributed by atoms with van der Waals surface area (Å²) in [5.41, 5.74) is 1.11. The predicted octanol–water partition coefficient (Wildman–Crippen LogP) is 3.39. The average Bonchev–Trinajstić information content (AvgIpc) is 2.88. The zero-order chi connectivity index (χ0) is 14.4. The van der Waals surface area contributed by atoms with Crippen LogP contribution in [-0.4, -0.2) is 30.6 Å². The van der Waals surface area contributed by atoms with Crippen LogP contribution in [0.15, 0.2) is 29.3 Å². The van der Waals surface area contributed by atoms with Crippen molar-refractivity contribution in [2.24, 2.45) is 4.99 Å². The molecule has 0 unspecified atom stereocenters. The zero-order valence-electron chi connectivity index (χ0n) is 12.1. The Morgan fingerprint density at radius 2 is 2.05 bits per heavy atom. The second-order valence-corrected chi connectivity index (χ2v) is 5.17. The lowest BCUT2D eigenvalue weighted by Gasteiger charge is -2.19. The molecule has 2 rings (SSSR count). The molecular weight excluding hydrogens is 274 g/mol. The van der Waals surface area contributed by atoms with Crippen LogP contribution in [0.1, 0.15) is 38.4 Å². The van der Waals surface area contributed by atoms with Crippen LogP contribution >= 0.6 is 11.6 Å². The van der Waals surface area contributed by atoms with Crippen LogP contribution in [0.3, 0.4) is 0 Å². The maximum Gasteiger partial charge on any atom is 0.211 e. The first kappa shape index (κ1) is 15.3. The second-order valence-electron chi connectivity index (χ2n) is 4.73. The van der Waals surface area contributed by atoms with E-state index in [1.165, 1.54) is 0 Å². The minimum Gasteiger partial charge on any atom is -0.388 e. The summed E-state index contributed by atoms with van der Waals surface area (Å²) in [7, 11) is 0. The van der Waals surface area contributed by atoms with Gasteiger partial charge in [0.15, 0.2) is 6.17 Å². The van der Waals surface area contributed by atoms with Crippen molar-refractivity contribution in [2.75, 3.05) is 19.6 Å². The van der Waals surface area contributed by atoms with Gasteiger partial charge in [0.1, 0.15) is 0 Å². The van der Waals surface area contributed by atoms with Crippen molar-refractivity contribution >= 4 is 17.5 Å². The third kappa shape index (κ3) is 3.95. The van der Waals surface area contributed by atoms with Gasteiger partial charge in [0.25, 0.3) is 0 Å². The number of aliphatic imine (C=N–C) groups is 1. The van der Waals surface area contributed by atoms with Crippen LogP contribution in [0.2, 0.25) is 5.02 Å². The molecule has 1 aliphatic heterocycles. The quantitative estimate of drug-likeness (QED) is 0.783. The van der Waals surface area contributed by atoms with Crippen LogP contribution in [-0.2, 0) is 4.84 Å². The molecule has 0 saturated carbocycles. The van der Waals surface area contributed by atoms with E-state index in [0.29, 0.717) is 0 Å². The van der Waals surface area contributed by atoms with E-state index in [2.05, 4.69) is 24.2 Å². The summed E-state index contributed by atoms with van der Waals surface area (Å²) in [4.78, 5) is 10.5. The fourth-order valence-corrected chi connectivity index (χ4v) is 2.30. The van der Waals surface area contributed by atoms with E-state index in [1.54, 1.807) is 0 Å². The van der Waals surface area contributed by atoms with Crippen molar-refractivity contribution < 1.29 is 4.84 Å². The van der Waals surface area contributed by atoms with E-state index in [1.807, 2.05) is 29.3 Å². The highest BCUT2D eigenvalue weighted by atomic mass is 35.5. The number of nitrogens with one attached hydrogen (secondary N) is 1. The number of benzene rings is 1. The molecule has 0 radical (unpaired) electrons. The van der Waals surface area contributed by atoms with Gasteiger partial charge < -0.3 is 10.2 Å². The number of hydrogen-bond donors (Lipinski definition) is 1. The van der Waals surface area contributed by atoms with Crippen LogP contribution in [0.4, 0.5) is 0 Å². The number of rotatable bonds is 7. The van der Waals surface area contributed by atoms with Gasteiger partial charge >= 0.3 is 0 Å². The summed E-state index contributed by atoms with van der Waals surface area (Å²) in [6.07, 6.45) is 1.86. The summed E-state index contributed by atoms with van der Waals surface area (Å²) >= 11 is 5.93. The lowest BCUT2D eigenvalue weighted by atomic mass is 10.2. The van der Waals surface area contributed by atoms with E-state index >= 15 is 0 Å². The van der Waals surface area contributed by atoms with Gasteiger partial charge in [-0.25, -0.2) is 4.99 Å². The monoisotopic (exact) mass is 295 g/mol. The van der Waals surface area contributed by atoms with Crippen LogP contribution in [0.5, 0.6) is 0 Å². The molecule has 0 saturated heterocycles. The van der Waals surface area contributed by atoms with Crippen molar-refractivity contribution in [2.45, 2.75) is 32.9 Å². The predicted molar refractivity (Wildman–Crippen MR) is 82.9 cm³/mol. The molecule has 1 aromatic carbocycles. The van der Waals surface area contributed by atoms with Crippen molar-refractivity contribution in [1.82, 2.24) is 10.4 Å². The number of hydrogen-bond acceptors (Lipinski definition) is 4. The van der Waals surface area contributed by atoms with E-state index in [-0.39, 0.29) is 6.17 Å². The molecule has 1 N–H and O–H groups in total. The fraction of sp³-hybridized carbons (Fsp3) is 0.533. The molecule has 20 heavy (non-hydrogen) atoms. The van der Waals surface area contributed by atoms with E-state index < -0.39 is 0 Å². The zero-order valence-corrected chi connectivity index (χ0v) is 12.9. The van der Waals surface area contributed by atoms with E-state index in [9.17, 15) is 0 Å². The number of nitrogens with zero attached hydrogens (tertiary/aromatic N) is 2. The topological polar surface area (TPSA) is 36.9 Å². The smallest absolute Gasteiger partial charge is 0.211 e. The molecule has 0 aliphatic carbocycles. The Morgan fingerprint density at radius 3 is 2.70 bits per heavy atom. The summed E-state index contributed by atoms with van der Waals surface area (Å²) in [6, 6.07) is 7.79. The summed E-state index contributed by atoms with van der Waals surface area (Å²) < 4.78 is 0. The standard InChI is InChI=1S/C15H22ClN3O/c1-3-17-11-5-6-14-18-15(19(4-2)20-14)12-7-9-13(16)10-8-12/h7-10,15,17H,3-6,11H2,1-2H3/t15-/m1/s1. The first-order valence-corrected chi connectivity index (χ1v) is 7.59. The highest BCUT2D eigenvalue weighted by Gasteiger charge is 2.28. The largest absolute Gasteiger partial charge is 0.388 e. The van der Waals surface area contributed by atoms with Crippen LogP contribution in [0.25, 0.3) is 0 Å².